The molecule has 124 valence electrons. The highest BCUT2D eigenvalue weighted by Crippen LogP contribution is 2.30. The Bertz CT molecular complexity index is 603. The first-order valence-electron chi connectivity index (χ1n) is 8.39. The van der Waals surface area contributed by atoms with E-state index in [-0.39, 0.29) is 11.6 Å². The van der Waals surface area contributed by atoms with Gasteiger partial charge in [0.05, 0.1) is 16.2 Å². The lowest BCUT2D eigenvalue weighted by molar-refractivity contribution is -0.384. The van der Waals surface area contributed by atoms with Crippen LogP contribution in [-0.4, -0.2) is 41.9 Å². The molecule has 0 aliphatic carbocycles. The number of non-ortho nitro benzene ring substituents is 1. The number of benzene rings is 1. The summed E-state index contributed by atoms with van der Waals surface area (Å²) in [4.78, 5) is 27.6. The van der Waals surface area contributed by atoms with E-state index in [0.29, 0.717) is 11.5 Å². The highest BCUT2D eigenvalue weighted by molar-refractivity contribution is 6.00. The van der Waals surface area contributed by atoms with Gasteiger partial charge in [-0.3, -0.25) is 14.9 Å². The number of rotatable bonds is 3. The predicted octanol–water partition coefficient (Wildman–Crippen LogP) is 3.07. The molecule has 1 aromatic rings. The second-order valence-corrected chi connectivity index (χ2v) is 6.63. The normalized spacial score (nSPS) is 19.2. The van der Waals surface area contributed by atoms with Crippen LogP contribution in [0.3, 0.4) is 0 Å². The second-order valence-electron chi connectivity index (χ2n) is 6.63. The van der Waals surface area contributed by atoms with Gasteiger partial charge in [0.2, 0.25) is 0 Å². The molecular weight excluding hydrogens is 294 g/mol. The summed E-state index contributed by atoms with van der Waals surface area (Å²) < 4.78 is 0. The summed E-state index contributed by atoms with van der Waals surface area (Å²) in [5.74, 6) is 0.574. The molecule has 6 heteroatoms. The quantitative estimate of drug-likeness (QED) is 0.635. The Kier molecular flexibility index (Phi) is 4.50. The van der Waals surface area contributed by atoms with Crippen LogP contribution in [0.15, 0.2) is 18.2 Å². The Morgan fingerprint density at radius 2 is 1.83 bits per heavy atom. The molecular formula is C17H23N3O3. The molecule has 2 heterocycles. The van der Waals surface area contributed by atoms with Crippen LogP contribution in [0.1, 0.15) is 43.0 Å². The standard InChI is InChI=1S/C17H23N3O3/c1-13-6-10-19(11-7-13)17(21)15-12-14(20(22)23)4-5-16(15)18-8-2-3-9-18/h4-5,12-13H,2-3,6-11H2,1H3. The SMILES string of the molecule is CC1CCN(C(=O)c2cc([N+](=O)[O-])ccc2N2CCCC2)CC1. The molecule has 0 aromatic heterocycles. The summed E-state index contributed by atoms with van der Waals surface area (Å²) in [6.07, 6.45) is 4.21. The highest BCUT2D eigenvalue weighted by atomic mass is 16.6. The summed E-state index contributed by atoms with van der Waals surface area (Å²) >= 11 is 0. The average Bonchev–Trinajstić information content (AvgIpc) is 3.08. The average molecular weight is 317 g/mol. The van der Waals surface area contributed by atoms with Crippen molar-refractivity contribution in [1.82, 2.24) is 4.90 Å². The van der Waals surface area contributed by atoms with Crippen LogP contribution < -0.4 is 4.90 Å². The van der Waals surface area contributed by atoms with E-state index in [0.717, 1.165) is 57.5 Å². The number of nitro groups is 1. The minimum Gasteiger partial charge on any atom is -0.371 e. The van der Waals surface area contributed by atoms with Gasteiger partial charge in [0, 0.05) is 38.3 Å². The summed E-state index contributed by atoms with van der Waals surface area (Å²) in [6, 6.07) is 4.69. The van der Waals surface area contributed by atoms with Crippen LogP contribution in [0.25, 0.3) is 0 Å². The van der Waals surface area contributed by atoms with Crippen molar-refractivity contribution in [3.63, 3.8) is 0 Å². The maximum atomic E-state index is 12.9. The third-order valence-electron chi connectivity index (χ3n) is 4.94. The molecule has 3 rings (SSSR count). The fourth-order valence-corrected chi connectivity index (χ4v) is 3.42. The molecule has 0 atom stereocenters. The zero-order chi connectivity index (χ0) is 16.4. The van der Waals surface area contributed by atoms with E-state index in [2.05, 4.69) is 11.8 Å². The first-order chi connectivity index (χ1) is 11.1. The largest absolute Gasteiger partial charge is 0.371 e. The van der Waals surface area contributed by atoms with Gasteiger partial charge in [-0.05, 0) is 37.7 Å². The van der Waals surface area contributed by atoms with Gasteiger partial charge >= 0.3 is 0 Å². The number of anilines is 1. The number of amides is 1. The number of hydrogen-bond donors (Lipinski definition) is 0. The molecule has 2 aliphatic heterocycles. The Morgan fingerprint density at radius 1 is 1.17 bits per heavy atom. The van der Waals surface area contributed by atoms with Gasteiger partial charge in [-0.15, -0.1) is 0 Å². The van der Waals surface area contributed by atoms with Crippen LogP contribution in [0.2, 0.25) is 0 Å². The lowest BCUT2D eigenvalue weighted by atomic mass is 9.98. The van der Waals surface area contributed by atoms with Crippen molar-refractivity contribution < 1.29 is 9.72 Å². The van der Waals surface area contributed by atoms with Gasteiger partial charge in [-0.2, -0.15) is 0 Å². The topological polar surface area (TPSA) is 66.7 Å². The van der Waals surface area contributed by atoms with E-state index in [4.69, 9.17) is 0 Å². The smallest absolute Gasteiger partial charge is 0.270 e. The molecule has 2 saturated heterocycles. The second kappa shape index (κ2) is 6.56. The summed E-state index contributed by atoms with van der Waals surface area (Å²) in [5.41, 5.74) is 1.31. The van der Waals surface area contributed by atoms with Crippen molar-refractivity contribution in [2.24, 2.45) is 5.92 Å². The van der Waals surface area contributed by atoms with E-state index in [9.17, 15) is 14.9 Å². The van der Waals surface area contributed by atoms with Crippen LogP contribution in [0, 0.1) is 16.0 Å². The van der Waals surface area contributed by atoms with Crippen molar-refractivity contribution in [1.29, 1.82) is 0 Å². The summed E-state index contributed by atoms with van der Waals surface area (Å²) in [6.45, 7) is 5.50. The van der Waals surface area contributed by atoms with E-state index in [1.54, 1.807) is 6.07 Å². The van der Waals surface area contributed by atoms with Gasteiger partial charge in [0.25, 0.3) is 11.6 Å². The molecule has 23 heavy (non-hydrogen) atoms. The molecule has 0 N–H and O–H groups in total. The van der Waals surface area contributed by atoms with E-state index in [1.165, 1.54) is 12.1 Å². The molecule has 0 bridgehead atoms. The molecule has 0 radical (unpaired) electrons. The van der Waals surface area contributed by atoms with Crippen molar-refractivity contribution in [3.8, 4) is 0 Å². The lowest BCUT2D eigenvalue weighted by Crippen LogP contribution is -2.38. The zero-order valence-corrected chi connectivity index (χ0v) is 13.5. The molecule has 1 aromatic carbocycles. The molecule has 0 spiro atoms. The highest BCUT2D eigenvalue weighted by Gasteiger charge is 2.27. The minimum absolute atomic E-state index is 0.0123. The Morgan fingerprint density at radius 3 is 2.43 bits per heavy atom. The van der Waals surface area contributed by atoms with Gasteiger partial charge < -0.3 is 9.80 Å². The zero-order valence-electron chi connectivity index (χ0n) is 13.5. The van der Waals surface area contributed by atoms with Crippen molar-refractivity contribution in [3.05, 3.63) is 33.9 Å². The predicted molar refractivity (Wildman–Crippen MR) is 88.8 cm³/mol. The first-order valence-corrected chi connectivity index (χ1v) is 8.39. The molecule has 6 nitrogen and oxygen atoms in total. The van der Waals surface area contributed by atoms with Gasteiger partial charge in [0.15, 0.2) is 0 Å². The third-order valence-corrected chi connectivity index (χ3v) is 4.94. The third kappa shape index (κ3) is 3.30. The van der Waals surface area contributed by atoms with Crippen molar-refractivity contribution in [2.45, 2.75) is 32.6 Å². The van der Waals surface area contributed by atoms with Crippen molar-refractivity contribution >= 4 is 17.3 Å². The molecule has 2 aliphatic rings. The Balaban J connectivity index is 1.92. The van der Waals surface area contributed by atoms with Gasteiger partial charge in [-0.25, -0.2) is 0 Å². The minimum atomic E-state index is -0.428. The fraction of sp³-hybridized carbons (Fsp3) is 0.588. The number of hydrogen-bond acceptors (Lipinski definition) is 4. The number of carbonyl (C=O) groups excluding carboxylic acids is 1. The number of carbonyl (C=O) groups is 1. The van der Waals surface area contributed by atoms with Crippen molar-refractivity contribution in [2.75, 3.05) is 31.1 Å². The maximum absolute atomic E-state index is 12.9. The lowest BCUT2D eigenvalue weighted by Gasteiger charge is -2.31. The van der Waals surface area contributed by atoms with E-state index in [1.807, 2.05) is 4.90 Å². The maximum Gasteiger partial charge on any atom is 0.270 e. The molecule has 0 unspecified atom stereocenters. The van der Waals surface area contributed by atoms with Crippen LogP contribution in [0.4, 0.5) is 11.4 Å². The summed E-state index contributed by atoms with van der Waals surface area (Å²) in [7, 11) is 0. The Hall–Kier alpha value is -2.11. The van der Waals surface area contributed by atoms with Crippen LogP contribution >= 0.6 is 0 Å². The van der Waals surface area contributed by atoms with Gasteiger partial charge in [-0.1, -0.05) is 6.92 Å². The number of likely N-dealkylation sites (tertiary alicyclic amines) is 1. The number of nitro benzene ring substituents is 1. The monoisotopic (exact) mass is 317 g/mol. The van der Waals surface area contributed by atoms with E-state index < -0.39 is 4.92 Å². The molecule has 2 fully saturated rings. The van der Waals surface area contributed by atoms with E-state index >= 15 is 0 Å². The van der Waals surface area contributed by atoms with Crippen LogP contribution in [0.5, 0.6) is 0 Å². The first kappa shape index (κ1) is 15.8. The number of nitrogens with zero attached hydrogens (tertiary/aromatic N) is 3. The van der Waals surface area contributed by atoms with Crippen LogP contribution in [-0.2, 0) is 0 Å². The molecule has 1 amide bonds. The number of piperidine rings is 1. The Labute approximate surface area is 136 Å². The fourth-order valence-electron chi connectivity index (χ4n) is 3.42. The summed E-state index contributed by atoms with van der Waals surface area (Å²) in [5, 5.41) is 11.1. The van der Waals surface area contributed by atoms with Gasteiger partial charge in [0.1, 0.15) is 0 Å². The molecule has 0 saturated carbocycles.